The van der Waals surface area contributed by atoms with Crippen LogP contribution in [-0.2, 0) is 40.0 Å². The molecule has 1 N–H and O–H groups in total. The third-order valence-electron chi connectivity index (χ3n) is 6.94. The monoisotopic (exact) mass is 591 g/mol. The zero-order valence-electron chi connectivity index (χ0n) is 22.2. The van der Waals surface area contributed by atoms with Crippen molar-refractivity contribution in [2.45, 2.75) is 38.5 Å². The topological polar surface area (TPSA) is 88.9 Å². The zero-order chi connectivity index (χ0) is 29.6. The molecule has 0 spiro atoms. The highest BCUT2D eigenvalue weighted by Gasteiger charge is 2.41. The number of rotatable bonds is 11. The van der Waals surface area contributed by atoms with Crippen LogP contribution in [-0.4, -0.2) is 90.3 Å². The van der Waals surface area contributed by atoms with E-state index in [2.05, 4.69) is 15.2 Å². The molecule has 0 unspecified atom stereocenters. The Labute approximate surface area is 232 Å². The molecular formula is C26H31F6N5O4. The number of ether oxygens (including phenoxy) is 2. The summed E-state index contributed by atoms with van der Waals surface area (Å²) in [7, 11) is 0. The van der Waals surface area contributed by atoms with Crippen molar-refractivity contribution in [2.24, 2.45) is 0 Å². The first kappa shape index (κ1) is 30.8. The van der Waals surface area contributed by atoms with E-state index in [1.54, 1.807) is 0 Å². The zero-order valence-corrected chi connectivity index (χ0v) is 22.2. The number of hydrogen-bond donors (Lipinski definition) is 1. The summed E-state index contributed by atoms with van der Waals surface area (Å²) in [4.78, 5) is 32.6. The van der Waals surface area contributed by atoms with E-state index in [4.69, 9.17) is 9.47 Å². The Balaban J connectivity index is 1.32. The van der Waals surface area contributed by atoms with Gasteiger partial charge in [0.05, 0.1) is 38.7 Å². The number of aryl methyl sites for hydroxylation is 1. The van der Waals surface area contributed by atoms with Gasteiger partial charge in [-0.2, -0.15) is 13.2 Å². The third kappa shape index (κ3) is 7.98. The van der Waals surface area contributed by atoms with Gasteiger partial charge in [0.25, 0.3) is 5.91 Å². The van der Waals surface area contributed by atoms with Crippen molar-refractivity contribution in [1.82, 2.24) is 24.7 Å². The van der Waals surface area contributed by atoms with Crippen molar-refractivity contribution in [3.8, 4) is 0 Å². The molecule has 3 heterocycles. The number of aromatic nitrogens is 2. The van der Waals surface area contributed by atoms with E-state index in [0.29, 0.717) is 32.4 Å². The van der Waals surface area contributed by atoms with E-state index in [9.17, 15) is 35.9 Å². The number of amides is 2. The fourth-order valence-electron chi connectivity index (χ4n) is 4.76. The van der Waals surface area contributed by atoms with Crippen molar-refractivity contribution < 1.29 is 45.4 Å². The van der Waals surface area contributed by atoms with Gasteiger partial charge in [-0.25, -0.2) is 18.2 Å². The van der Waals surface area contributed by atoms with Crippen LogP contribution in [0.25, 0.3) is 0 Å². The Morgan fingerprint density at radius 1 is 1.00 bits per heavy atom. The number of halogens is 6. The van der Waals surface area contributed by atoms with Gasteiger partial charge in [-0.1, -0.05) is 0 Å². The van der Waals surface area contributed by atoms with Crippen LogP contribution < -0.4 is 5.32 Å². The minimum Gasteiger partial charge on any atom is -0.379 e. The first-order valence-electron chi connectivity index (χ1n) is 13.3. The molecule has 0 radical (unpaired) electrons. The van der Waals surface area contributed by atoms with Gasteiger partial charge in [-0.15, -0.1) is 0 Å². The van der Waals surface area contributed by atoms with Crippen molar-refractivity contribution in [2.75, 3.05) is 59.2 Å². The van der Waals surface area contributed by atoms with E-state index in [1.807, 2.05) is 0 Å². The second-order valence-electron chi connectivity index (χ2n) is 9.73. The first-order chi connectivity index (χ1) is 19.5. The second-order valence-corrected chi connectivity index (χ2v) is 9.73. The molecule has 41 heavy (non-hydrogen) atoms. The van der Waals surface area contributed by atoms with E-state index in [-0.39, 0.29) is 63.3 Å². The van der Waals surface area contributed by atoms with Crippen LogP contribution in [0, 0.1) is 17.5 Å². The fraction of sp³-hybridized carbons (Fsp3) is 0.577. The van der Waals surface area contributed by atoms with Crippen molar-refractivity contribution in [3.05, 3.63) is 52.4 Å². The molecule has 1 fully saturated rings. The number of carbonyl (C=O) groups is 2. The van der Waals surface area contributed by atoms with Crippen LogP contribution in [0.15, 0.2) is 12.1 Å². The molecule has 9 nitrogen and oxygen atoms in total. The van der Waals surface area contributed by atoms with Crippen LogP contribution in [0.2, 0.25) is 0 Å². The Kier molecular flexibility index (Phi) is 10.3. The number of nitrogens with one attached hydrogen (secondary N) is 1. The average Bonchev–Trinajstić information content (AvgIpc) is 3.33. The molecule has 1 aromatic carbocycles. The lowest BCUT2D eigenvalue weighted by Crippen LogP contribution is -2.40. The maximum atomic E-state index is 13.9. The van der Waals surface area contributed by atoms with Gasteiger partial charge in [-0.05, 0) is 24.5 Å². The minimum absolute atomic E-state index is 0.0407. The number of carbonyl (C=O) groups excluding carboxylic acids is 2. The van der Waals surface area contributed by atoms with E-state index < -0.39 is 47.0 Å². The van der Waals surface area contributed by atoms with Gasteiger partial charge in [0.1, 0.15) is 5.82 Å². The highest BCUT2D eigenvalue weighted by Crippen LogP contribution is 2.32. The molecule has 2 aromatic rings. The molecule has 1 saturated heterocycles. The van der Waals surface area contributed by atoms with Crippen LogP contribution in [0.3, 0.4) is 0 Å². The Morgan fingerprint density at radius 2 is 1.73 bits per heavy atom. The summed E-state index contributed by atoms with van der Waals surface area (Å²) < 4.78 is 93.1. The smallest absolute Gasteiger partial charge is 0.379 e. The predicted molar refractivity (Wildman–Crippen MR) is 132 cm³/mol. The maximum absolute atomic E-state index is 13.9. The van der Waals surface area contributed by atoms with E-state index in [1.165, 1.54) is 4.90 Å². The minimum atomic E-state index is -4.81. The summed E-state index contributed by atoms with van der Waals surface area (Å²) in [5.41, 5.74) is -0.561. The first-order valence-corrected chi connectivity index (χ1v) is 13.3. The Bertz CT molecular complexity index is 1230. The van der Waals surface area contributed by atoms with Crippen LogP contribution in [0.4, 0.5) is 26.3 Å². The average molecular weight is 592 g/mol. The second kappa shape index (κ2) is 13.7. The largest absolute Gasteiger partial charge is 0.449 e. The molecule has 0 atom stereocenters. The quantitative estimate of drug-likeness (QED) is 0.246. The molecule has 0 saturated carbocycles. The number of imidazole rings is 1. The lowest BCUT2D eigenvalue weighted by atomic mass is 10.1. The van der Waals surface area contributed by atoms with Gasteiger partial charge in [0, 0.05) is 51.8 Å². The van der Waals surface area contributed by atoms with Crippen LogP contribution >= 0.6 is 0 Å². The molecule has 226 valence electrons. The number of hydrogen-bond acceptors (Lipinski definition) is 6. The lowest BCUT2D eigenvalue weighted by molar-refractivity contribution is -0.148. The van der Waals surface area contributed by atoms with Gasteiger partial charge in [0.2, 0.25) is 11.7 Å². The van der Waals surface area contributed by atoms with E-state index in [0.717, 1.165) is 23.7 Å². The summed E-state index contributed by atoms with van der Waals surface area (Å²) in [6, 6.07) is 1.16. The molecule has 15 heteroatoms. The standard InChI is InChI=1S/C26H31F6N5O4/c27-18-15-20(29)19(28)14-17(18)2-1-3-22(38)36-5-6-37-21(16-36)23(34-25(37)26(30,31)32)24(39)33-4-10-40-11-7-35-8-12-41-13-9-35/h14-15H,1-13,16H2,(H,33,39). The molecular weight excluding hydrogens is 560 g/mol. The number of nitrogens with zero attached hydrogens (tertiary/aromatic N) is 4. The molecule has 2 amide bonds. The number of alkyl halides is 3. The highest BCUT2D eigenvalue weighted by atomic mass is 19.4. The summed E-state index contributed by atoms with van der Waals surface area (Å²) in [5.74, 6) is -5.93. The van der Waals surface area contributed by atoms with Crippen molar-refractivity contribution >= 4 is 11.8 Å². The molecule has 1 aromatic heterocycles. The Hall–Kier alpha value is -3.17. The normalized spacial score (nSPS) is 16.1. The number of morpholine rings is 1. The maximum Gasteiger partial charge on any atom is 0.449 e. The fourth-order valence-corrected chi connectivity index (χ4v) is 4.76. The van der Waals surface area contributed by atoms with Crippen LogP contribution in [0.1, 0.15) is 40.4 Å². The van der Waals surface area contributed by atoms with Gasteiger partial charge < -0.3 is 24.3 Å². The predicted octanol–water partition coefficient (Wildman–Crippen LogP) is 2.76. The van der Waals surface area contributed by atoms with E-state index >= 15 is 0 Å². The molecule has 0 bridgehead atoms. The molecule has 4 rings (SSSR count). The lowest BCUT2D eigenvalue weighted by Gasteiger charge is -2.29. The molecule has 0 aliphatic carbocycles. The Morgan fingerprint density at radius 3 is 2.46 bits per heavy atom. The van der Waals surface area contributed by atoms with Gasteiger partial charge >= 0.3 is 6.18 Å². The summed E-state index contributed by atoms with van der Waals surface area (Å²) in [6.07, 6.45) is -4.86. The summed E-state index contributed by atoms with van der Waals surface area (Å²) in [5, 5.41) is 2.53. The van der Waals surface area contributed by atoms with Crippen molar-refractivity contribution in [3.63, 3.8) is 0 Å². The third-order valence-corrected chi connectivity index (χ3v) is 6.94. The summed E-state index contributed by atoms with van der Waals surface area (Å²) >= 11 is 0. The number of benzene rings is 1. The number of fused-ring (bicyclic) bond motifs is 1. The van der Waals surface area contributed by atoms with Gasteiger partial charge in [0.15, 0.2) is 17.3 Å². The van der Waals surface area contributed by atoms with Crippen LogP contribution in [0.5, 0.6) is 0 Å². The van der Waals surface area contributed by atoms with Gasteiger partial charge in [-0.3, -0.25) is 14.5 Å². The molecule has 2 aliphatic rings. The SMILES string of the molecule is O=C(NCCOCCN1CCOCC1)c1nc(C(F)(F)F)n2c1CN(C(=O)CCCc1cc(F)c(F)cc1F)CC2. The van der Waals surface area contributed by atoms with Crippen molar-refractivity contribution in [1.29, 1.82) is 0 Å². The summed E-state index contributed by atoms with van der Waals surface area (Å²) in [6.45, 7) is 3.70. The highest BCUT2D eigenvalue weighted by molar-refractivity contribution is 5.93. The molecule has 2 aliphatic heterocycles.